The largest absolute Gasteiger partial charge is 0.432 e. The molecule has 0 radical (unpaired) electrons. The highest BCUT2D eigenvalue weighted by atomic mass is 19.4. The summed E-state index contributed by atoms with van der Waals surface area (Å²) in [6.45, 7) is 0. The molecule has 1 aromatic carbocycles. The number of nitrogens with two attached hydrogens (primary N) is 1. The first-order valence-corrected chi connectivity index (χ1v) is 5.90. The number of halogens is 3. The first-order chi connectivity index (χ1) is 9.84. The van der Waals surface area contributed by atoms with Crippen LogP contribution in [0.2, 0.25) is 0 Å². The number of benzene rings is 1. The molecule has 108 valence electrons. The third-order valence-corrected chi connectivity index (χ3v) is 2.96. The Morgan fingerprint density at radius 3 is 2.43 bits per heavy atom. The van der Waals surface area contributed by atoms with Crippen LogP contribution in [0.25, 0.3) is 16.9 Å². The van der Waals surface area contributed by atoms with Crippen LogP contribution in [0.4, 0.5) is 18.9 Å². The predicted molar refractivity (Wildman–Crippen MR) is 70.7 cm³/mol. The van der Waals surface area contributed by atoms with Crippen LogP contribution in [0.1, 0.15) is 5.69 Å². The number of rotatable bonds is 1. The number of aromatic amines is 1. The van der Waals surface area contributed by atoms with Crippen molar-refractivity contribution in [3.63, 3.8) is 0 Å². The molecule has 0 fully saturated rings. The molecule has 0 unspecified atom stereocenters. The molecule has 8 heteroatoms. The second kappa shape index (κ2) is 4.37. The second-order valence-electron chi connectivity index (χ2n) is 4.46. The van der Waals surface area contributed by atoms with Crippen molar-refractivity contribution in [3.8, 4) is 11.3 Å². The van der Waals surface area contributed by atoms with Crippen molar-refractivity contribution in [1.82, 2.24) is 14.6 Å². The molecule has 0 saturated carbocycles. The van der Waals surface area contributed by atoms with Gasteiger partial charge in [-0.15, -0.1) is 0 Å². The lowest BCUT2D eigenvalue weighted by atomic mass is 10.1. The molecular weight excluding hydrogens is 285 g/mol. The number of nitrogens with one attached hydrogen (secondary N) is 1. The van der Waals surface area contributed by atoms with Crippen LogP contribution in [-0.2, 0) is 6.18 Å². The first kappa shape index (κ1) is 13.2. The second-order valence-corrected chi connectivity index (χ2v) is 4.46. The molecule has 21 heavy (non-hydrogen) atoms. The van der Waals surface area contributed by atoms with E-state index in [2.05, 4.69) is 4.98 Å². The number of anilines is 1. The summed E-state index contributed by atoms with van der Waals surface area (Å²) in [6.07, 6.45) is -4.57. The zero-order chi connectivity index (χ0) is 15.2. The lowest BCUT2D eigenvalue weighted by Gasteiger charge is -2.01. The Hall–Kier alpha value is -2.77. The van der Waals surface area contributed by atoms with E-state index in [0.29, 0.717) is 11.3 Å². The van der Waals surface area contributed by atoms with Gasteiger partial charge in [0, 0.05) is 23.4 Å². The average molecular weight is 294 g/mol. The monoisotopic (exact) mass is 294 g/mol. The van der Waals surface area contributed by atoms with Gasteiger partial charge in [-0.2, -0.15) is 13.2 Å². The van der Waals surface area contributed by atoms with Gasteiger partial charge >= 0.3 is 6.18 Å². The van der Waals surface area contributed by atoms with E-state index in [-0.39, 0.29) is 11.3 Å². The Balaban J connectivity index is 2.19. The molecule has 0 aliphatic carbocycles. The number of aromatic nitrogens is 3. The van der Waals surface area contributed by atoms with Crippen LogP contribution in [0, 0.1) is 0 Å². The number of alkyl halides is 3. The highest BCUT2D eigenvalue weighted by molar-refractivity contribution is 5.63. The molecule has 2 aromatic heterocycles. The van der Waals surface area contributed by atoms with E-state index < -0.39 is 17.4 Å². The third kappa shape index (κ3) is 2.35. The van der Waals surface area contributed by atoms with Gasteiger partial charge in [0.2, 0.25) is 0 Å². The van der Waals surface area contributed by atoms with Crippen molar-refractivity contribution in [3.05, 3.63) is 52.4 Å². The summed E-state index contributed by atoms with van der Waals surface area (Å²) >= 11 is 0. The van der Waals surface area contributed by atoms with E-state index in [1.165, 1.54) is 0 Å². The van der Waals surface area contributed by atoms with Crippen LogP contribution < -0.4 is 11.3 Å². The van der Waals surface area contributed by atoms with Gasteiger partial charge in [0.15, 0.2) is 5.65 Å². The van der Waals surface area contributed by atoms with Crippen molar-refractivity contribution in [2.45, 2.75) is 6.18 Å². The third-order valence-electron chi connectivity index (χ3n) is 2.96. The van der Waals surface area contributed by atoms with Gasteiger partial charge in [-0.25, -0.2) is 9.50 Å². The number of fused-ring (bicyclic) bond motifs is 1. The van der Waals surface area contributed by atoms with Gasteiger partial charge in [-0.05, 0) is 12.1 Å². The summed E-state index contributed by atoms with van der Waals surface area (Å²) in [6, 6.07) is 8.49. The molecule has 3 rings (SSSR count). The lowest BCUT2D eigenvalue weighted by Crippen LogP contribution is -2.15. The molecule has 0 aliphatic rings. The maximum atomic E-state index is 12.6. The summed E-state index contributed by atoms with van der Waals surface area (Å²) in [7, 11) is 0. The van der Waals surface area contributed by atoms with Crippen molar-refractivity contribution in [2.75, 3.05) is 5.73 Å². The van der Waals surface area contributed by atoms with Crippen molar-refractivity contribution >= 4 is 11.3 Å². The number of nitrogen functional groups attached to an aromatic ring is 1. The molecular formula is C13H9F3N4O. The zero-order valence-corrected chi connectivity index (χ0v) is 10.5. The summed E-state index contributed by atoms with van der Waals surface area (Å²) in [5, 5.41) is 1.99. The van der Waals surface area contributed by atoms with Gasteiger partial charge in [0.25, 0.3) is 5.56 Å². The summed E-state index contributed by atoms with van der Waals surface area (Å²) < 4.78 is 38.7. The Morgan fingerprint density at radius 1 is 1.14 bits per heavy atom. The van der Waals surface area contributed by atoms with E-state index in [4.69, 9.17) is 5.73 Å². The minimum atomic E-state index is -4.57. The predicted octanol–water partition coefficient (Wildman–Crippen LogP) is 2.29. The first-order valence-electron chi connectivity index (χ1n) is 5.90. The molecule has 0 atom stereocenters. The van der Waals surface area contributed by atoms with Gasteiger partial charge in [-0.1, -0.05) is 12.1 Å². The number of hydrogen-bond donors (Lipinski definition) is 2. The Bertz CT molecular complexity index is 862. The zero-order valence-electron chi connectivity index (χ0n) is 10.5. The summed E-state index contributed by atoms with van der Waals surface area (Å²) in [5.74, 6) is 0. The number of nitrogens with zero attached hydrogens (tertiary/aromatic N) is 2. The summed E-state index contributed by atoms with van der Waals surface area (Å²) in [5.41, 5.74) is 5.24. The molecule has 0 spiro atoms. The van der Waals surface area contributed by atoms with Crippen LogP contribution in [-0.4, -0.2) is 14.6 Å². The Labute approximate surface area is 115 Å². The molecule has 0 aliphatic heterocycles. The van der Waals surface area contributed by atoms with Crippen molar-refractivity contribution < 1.29 is 13.2 Å². The quantitative estimate of drug-likeness (QED) is 0.676. The molecule has 3 aromatic rings. The van der Waals surface area contributed by atoms with Gasteiger partial charge in [0.1, 0.15) is 5.69 Å². The van der Waals surface area contributed by atoms with Gasteiger partial charge in [-0.3, -0.25) is 9.89 Å². The fourth-order valence-electron chi connectivity index (χ4n) is 1.94. The van der Waals surface area contributed by atoms with Crippen molar-refractivity contribution in [1.29, 1.82) is 0 Å². The standard InChI is InChI=1S/C13H9F3N4O/c14-13(15,16)10-6-11-18-9(5-12(21)20(11)19-10)7-1-3-8(17)4-2-7/h1-6,19H,17H2. The fourth-order valence-corrected chi connectivity index (χ4v) is 1.94. The van der Waals surface area contributed by atoms with E-state index in [1.807, 2.05) is 5.10 Å². The van der Waals surface area contributed by atoms with Gasteiger partial charge in [0.05, 0.1) is 5.69 Å². The smallest absolute Gasteiger partial charge is 0.399 e. The maximum absolute atomic E-state index is 12.6. The van der Waals surface area contributed by atoms with E-state index in [0.717, 1.165) is 16.6 Å². The van der Waals surface area contributed by atoms with E-state index in [9.17, 15) is 18.0 Å². The van der Waals surface area contributed by atoms with Crippen LogP contribution in [0.15, 0.2) is 41.2 Å². The summed E-state index contributed by atoms with van der Waals surface area (Å²) in [4.78, 5) is 15.9. The van der Waals surface area contributed by atoms with Crippen LogP contribution in [0.5, 0.6) is 0 Å². The number of hydrogen-bond acceptors (Lipinski definition) is 3. The van der Waals surface area contributed by atoms with Crippen LogP contribution in [0.3, 0.4) is 0 Å². The molecule has 2 heterocycles. The minimum Gasteiger partial charge on any atom is -0.399 e. The van der Waals surface area contributed by atoms with Crippen LogP contribution >= 0.6 is 0 Å². The Morgan fingerprint density at radius 2 is 1.81 bits per heavy atom. The lowest BCUT2D eigenvalue weighted by molar-refractivity contribution is -0.141. The highest BCUT2D eigenvalue weighted by Crippen LogP contribution is 2.28. The molecule has 5 nitrogen and oxygen atoms in total. The van der Waals surface area contributed by atoms with E-state index in [1.54, 1.807) is 24.3 Å². The minimum absolute atomic E-state index is 0.0957. The average Bonchev–Trinajstić information content (AvgIpc) is 2.84. The molecule has 3 N–H and O–H groups in total. The molecule has 0 saturated heterocycles. The molecule has 0 bridgehead atoms. The van der Waals surface area contributed by atoms with E-state index >= 15 is 0 Å². The maximum Gasteiger partial charge on any atom is 0.432 e. The fraction of sp³-hybridized carbons (Fsp3) is 0.0769. The highest BCUT2D eigenvalue weighted by Gasteiger charge is 2.33. The topological polar surface area (TPSA) is 76.2 Å². The van der Waals surface area contributed by atoms with Gasteiger partial charge < -0.3 is 5.73 Å². The SMILES string of the molecule is Nc1ccc(-c2cc(=O)n3[nH]c(C(F)(F)F)cc3n2)cc1. The van der Waals surface area contributed by atoms with Crippen molar-refractivity contribution in [2.24, 2.45) is 0 Å². The molecule has 0 amide bonds. The Kier molecular flexibility index (Phi) is 2.75. The number of H-pyrrole nitrogens is 1. The normalized spacial score (nSPS) is 12.0.